The minimum Gasteiger partial charge on any atom is -0.484 e. The van der Waals surface area contributed by atoms with Gasteiger partial charge in [0.15, 0.2) is 0 Å². The van der Waals surface area contributed by atoms with Gasteiger partial charge in [-0.1, -0.05) is 0 Å². The zero-order chi connectivity index (χ0) is 17.4. The third kappa shape index (κ3) is 2.83. The fourth-order valence-corrected chi connectivity index (χ4v) is 3.59. The Bertz CT molecular complexity index is 993. The average Bonchev–Trinajstić information content (AvgIpc) is 3.04. The zero-order valence-electron chi connectivity index (χ0n) is 13.5. The molecule has 1 N–H and O–H groups in total. The number of pyridine rings is 1. The monoisotopic (exact) mass is 398 g/mol. The molecule has 3 aromatic rings. The Kier molecular flexibility index (Phi) is 4.06. The third-order valence-electron chi connectivity index (χ3n) is 4.40. The molecule has 1 aromatic carbocycles. The molecule has 2 heterocycles. The van der Waals surface area contributed by atoms with Gasteiger partial charge in [0.2, 0.25) is 5.88 Å². The van der Waals surface area contributed by atoms with E-state index in [0.717, 1.165) is 47.2 Å². The number of fused-ring (bicyclic) bond motifs is 2. The molecule has 0 saturated heterocycles. The number of aromatic amines is 1. The molecule has 0 spiro atoms. The van der Waals surface area contributed by atoms with Crippen molar-refractivity contribution in [1.29, 1.82) is 5.26 Å². The number of nitrogens with one attached hydrogen (secondary N) is 1. The number of methoxy groups -OCH3 is 1. The molecule has 126 valence electrons. The summed E-state index contributed by atoms with van der Waals surface area (Å²) in [4.78, 5) is 4.57. The molecule has 25 heavy (non-hydrogen) atoms. The summed E-state index contributed by atoms with van der Waals surface area (Å²) < 4.78 is 12.1. The van der Waals surface area contributed by atoms with Crippen LogP contribution in [0.2, 0.25) is 0 Å². The minimum atomic E-state index is -0.136. The lowest BCUT2D eigenvalue weighted by Crippen LogP contribution is -2.17. The van der Waals surface area contributed by atoms with Crippen LogP contribution in [0.4, 0.5) is 0 Å². The van der Waals surface area contributed by atoms with Crippen molar-refractivity contribution in [3.8, 4) is 17.7 Å². The van der Waals surface area contributed by atoms with Crippen molar-refractivity contribution in [2.45, 2.75) is 25.4 Å². The molecule has 0 radical (unpaired) electrons. The Morgan fingerprint density at radius 1 is 1.36 bits per heavy atom. The van der Waals surface area contributed by atoms with Gasteiger partial charge in [-0.15, -0.1) is 5.10 Å². The van der Waals surface area contributed by atoms with Crippen molar-refractivity contribution in [3.05, 3.63) is 45.7 Å². The molecule has 0 amide bonds. The van der Waals surface area contributed by atoms with Gasteiger partial charge in [-0.05, 0) is 65.0 Å². The first-order valence-corrected chi connectivity index (χ1v) is 8.77. The molecule has 0 aliphatic heterocycles. The summed E-state index contributed by atoms with van der Waals surface area (Å²) in [6, 6.07) is 9.83. The van der Waals surface area contributed by atoms with Gasteiger partial charge in [0.05, 0.1) is 29.3 Å². The van der Waals surface area contributed by atoms with Crippen LogP contribution in [-0.4, -0.2) is 22.3 Å². The fourth-order valence-electron chi connectivity index (χ4n) is 3.19. The highest BCUT2D eigenvalue weighted by atomic mass is 79.9. The van der Waals surface area contributed by atoms with E-state index in [0.29, 0.717) is 16.0 Å². The van der Waals surface area contributed by atoms with Crippen LogP contribution in [0.1, 0.15) is 35.8 Å². The second-order valence-corrected chi connectivity index (χ2v) is 6.67. The summed E-state index contributed by atoms with van der Waals surface area (Å²) in [5.74, 6) is 1.29. The van der Waals surface area contributed by atoms with E-state index in [1.54, 1.807) is 7.11 Å². The summed E-state index contributed by atoms with van der Waals surface area (Å²) >= 11 is 3.38. The largest absolute Gasteiger partial charge is 0.484 e. The van der Waals surface area contributed by atoms with Crippen molar-refractivity contribution in [2.24, 2.45) is 0 Å². The number of halogens is 1. The third-order valence-corrected chi connectivity index (χ3v) is 5.00. The van der Waals surface area contributed by atoms with Gasteiger partial charge in [0, 0.05) is 0 Å². The van der Waals surface area contributed by atoms with E-state index in [1.807, 2.05) is 24.3 Å². The maximum absolute atomic E-state index is 9.18. The lowest BCUT2D eigenvalue weighted by molar-refractivity contribution is 0.178. The molecule has 7 heteroatoms. The SMILES string of the molecule is COc1n[nH]c2ccc(OC3CCCc4cc(C#N)c(Br)nc43)cc12. The van der Waals surface area contributed by atoms with Crippen LogP contribution >= 0.6 is 15.9 Å². The number of nitrogens with zero attached hydrogens (tertiary/aromatic N) is 3. The second kappa shape index (κ2) is 6.37. The number of hydrogen-bond donors (Lipinski definition) is 1. The summed E-state index contributed by atoms with van der Waals surface area (Å²) in [6.45, 7) is 0. The Balaban J connectivity index is 1.68. The molecule has 1 unspecified atom stereocenters. The van der Waals surface area contributed by atoms with Gasteiger partial charge in [-0.2, -0.15) is 5.26 Å². The van der Waals surface area contributed by atoms with Gasteiger partial charge >= 0.3 is 0 Å². The second-order valence-electron chi connectivity index (χ2n) is 5.92. The highest BCUT2D eigenvalue weighted by molar-refractivity contribution is 9.10. The summed E-state index contributed by atoms with van der Waals surface area (Å²) in [7, 11) is 1.59. The number of nitriles is 1. The average molecular weight is 399 g/mol. The van der Waals surface area contributed by atoms with E-state index >= 15 is 0 Å². The Hall–Kier alpha value is -2.59. The van der Waals surface area contributed by atoms with E-state index in [-0.39, 0.29) is 6.10 Å². The first-order chi connectivity index (χ1) is 12.2. The lowest BCUT2D eigenvalue weighted by atomic mass is 9.93. The van der Waals surface area contributed by atoms with E-state index < -0.39 is 0 Å². The van der Waals surface area contributed by atoms with Gasteiger partial charge in [0.1, 0.15) is 22.5 Å². The number of ether oxygens (including phenoxy) is 2. The highest BCUT2D eigenvalue weighted by Crippen LogP contribution is 2.36. The van der Waals surface area contributed by atoms with Gasteiger partial charge in [-0.25, -0.2) is 4.98 Å². The topological polar surface area (TPSA) is 83.8 Å². The van der Waals surface area contributed by atoms with Gasteiger partial charge in [-0.3, -0.25) is 5.10 Å². The van der Waals surface area contributed by atoms with E-state index in [4.69, 9.17) is 9.47 Å². The molecule has 1 atom stereocenters. The van der Waals surface area contributed by atoms with Crippen molar-refractivity contribution < 1.29 is 9.47 Å². The highest BCUT2D eigenvalue weighted by Gasteiger charge is 2.25. The minimum absolute atomic E-state index is 0.136. The summed E-state index contributed by atoms with van der Waals surface area (Å²) in [5.41, 5.74) is 3.44. The van der Waals surface area contributed by atoms with Crippen molar-refractivity contribution in [1.82, 2.24) is 15.2 Å². The van der Waals surface area contributed by atoms with Crippen molar-refractivity contribution >= 4 is 26.8 Å². The smallest absolute Gasteiger partial charge is 0.240 e. The lowest BCUT2D eigenvalue weighted by Gasteiger charge is -2.25. The molecule has 0 saturated carbocycles. The molecule has 0 fully saturated rings. The van der Waals surface area contributed by atoms with Crippen LogP contribution < -0.4 is 9.47 Å². The molecule has 0 bridgehead atoms. The summed E-state index contributed by atoms with van der Waals surface area (Å²) in [5, 5.41) is 17.1. The normalized spacial score (nSPS) is 16.3. The fraction of sp³-hybridized carbons (Fsp3) is 0.278. The maximum Gasteiger partial charge on any atom is 0.240 e. The van der Waals surface area contributed by atoms with E-state index in [1.165, 1.54) is 0 Å². The molecule has 2 aromatic heterocycles. The zero-order valence-corrected chi connectivity index (χ0v) is 15.1. The van der Waals surface area contributed by atoms with Crippen LogP contribution in [0.15, 0.2) is 28.9 Å². The first-order valence-electron chi connectivity index (χ1n) is 7.98. The number of aryl methyl sites for hydroxylation is 1. The quantitative estimate of drug-likeness (QED) is 0.672. The number of rotatable bonds is 3. The maximum atomic E-state index is 9.18. The molecule has 6 nitrogen and oxygen atoms in total. The molecular formula is C18H15BrN4O2. The Morgan fingerprint density at radius 2 is 2.24 bits per heavy atom. The number of benzene rings is 1. The van der Waals surface area contributed by atoms with Crippen LogP contribution in [0, 0.1) is 11.3 Å². The van der Waals surface area contributed by atoms with Gasteiger partial charge < -0.3 is 9.47 Å². The molecular weight excluding hydrogens is 384 g/mol. The van der Waals surface area contributed by atoms with Crippen LogP contribution in [0.25, 0.3) is 10.9 Å². The van der Waals surface area contributed by atoms with E-state index in [9.17, 15) is 5.26 Å². The predicted molar refractivity (Wildman–Crippen MR) is 95.6 cm³/mol. The van der Waals surface area contributed by atoms with Crippen LogP contribution in [0.5, 0.6) is 11.6 Å². The number of H-pyrrole nitrogens is 1. The predicted octanol–water partition coefficient (Wildman–Crippen LogP) is 4.06. The number of aromatic nitrogens is 3. The Morgan fingerprint density at radius 3 is 3.04 bits per heavy atom. The van der Waals surface area contributed by atoms with Gasteiger partial charge in [0.25, 0.3) is 0 Å². The van der Waals surface area contributed by atoms with Crippen LogP contribution in [0.3, 0.4) is 0 Å². The standard InChI is InChI=1S/C18H15BrN4O2/c1-24-18-13-8-12(5-6-14(13)22-23-18)25-15-4-2-3-10-7-11(9-20)17(19)21-16(10)15/h5-8,15H,2-4H2,1H3,(H,22,23). The Labute approximate surface area is 152 Å². The summed E-state index contributed by atoms with van der Waals surface area (Å²) in [6.07, 6.45) is 2.67. The molecule has 4 rings (SSSR count). The van der Waals surface area contributed by atoms with E-state index in [2.05, 4.69) is 37.2 Å². The molecule has 1 aliphatic carbocycles. The van der Waals surface area contributed by atoms with Crippen molar-refractivity contribution in [3.63, 3.8) is 0 Å². The van der Waals surface area contributed by atoms with Crippen molar-refractivity contribution in [2.75, 3.05) is 7.11 Å². The number of hydrogen-bond acceptors (Lipinski definition) is 5. The van der Waals surface area contributed by atoms with Crippen LogP contribution in [-0.2, 0) is 6.42 Å². The first kappa shape index (κ1) is 15.9. The molecule has 1 aliphatic rings.